The van der Waals surface area contributed by atoms with Gasteiger partial charge >= 0.3 is 6.09 Å². The first-order valence-electron chi connectivity index (χ1n) is 18.9. The quantitative estimate of drug-likeness (QED) is 0.114. The lowest BCUT2D eigenvalue weighted by atomic mass is 9.47. The van der Waals surface area contributed by atoms with Crippen molar-refractivity contribution in [1.29, 1.82) is 0 Å². The standard InChI is InChI=1S/C38H70N4O2/c1-28(2)11-8-12-29(3)33-15-16-34-32-14-13-30-27-31(17-19-37(30,4)35(32)18-20-38(33,34)5)44-36(43)42(26-10-22-40)25-7-6-23-41-24-9-21-39/h13,28-29,31-35,41H,6-12,14-27,39-40H2,1-5H3/t29-,31+,32+,33-,34+,35+,37+,38-/m1/s1. The van der Waals surface area contributed by atoms with Gasteiger partial charge < -0.3 is 26.4 Å². The molecule has 1 amide bonds. The normalized spacial score (nSPS) is 33.7. The summed E-state index contributed by atoms with van der Waals surface area (Å²) in [6.07, 6.45) is 20.6. The van der Waals surface area contributed by atoms with Crippen LogP contribution in [0.15, 0.2) is 11.6 Å². The minimum Gasteiger partial charge on any atom is -0.446 e. The second-order valence-electron chi connectivity index (χ2n) is 16.3. The Bertz CT molecular complexity index is 923. The van der Waals surface area contributed by atoms with E-state index < -0.39 is 0 Å². The molecule has 254 valence electrons. The number of allylic oxidation sites excluding steroid dienone is 1. The molecule has 6 heteroatoms. The number of nitrogens with two attached hydrogens (primary N) is 2. The van der Waals surface area contributed by atoms with Gasteiger partial charge in [0.1, 0.15) is 6.10 Å². The first kappa shape index (κ1) is 35.7. The number of nitrogens with one attached hydrogen (secondary N) is 1. The predicted molar refractivity (Wildman–Crippen MR) is 184 cm³/mol. The first-order chi connectivity index (χ1) is 21.1. The molecule has 0 spiro atoms. The number of carbonyl (C=O) groups is 1. The molecule has 0 radical (unpaired) electrons. The van der Waals surface area contributed by atoms with Gasteiger partial charge in [-0.3, -0.25) is 0 Å². The zero-order chi connectivity index (χ0) is 31.7. The van der Waals surface area contributed by atoms with Crippen LogP contribution >= 0.6 is 0 Å². The Kier molecular flexibility index (Phi) is 13.5. The maximum atomic E-state index is 13.3. The number of hydrogen-bond donors (Lipinski definition) is 3. The molecule has 0 aromatic heterocycles. The molecule has 6 nitrogen and oxygen atoms in total. The molecule has 3 saturated carbocycles. The van der Waals surface area contributed by atoms with Gasteiger partial charge in [-0.2, -0.15) is 0 Å². The van der Waals surface area contributed by atoms with E-state index in [2.05, 4.69) is 46.0 Å². The molecular weight excluding hydrogens is 544 g/mol. The van der Waals surface area contributed by atoms with Crippen molar-refractivity contribution in [2.45, 2.75) is 137 Å². The molecule has 0 aliphatic heterocycles. The van der Waals surface area contributed by atoms with Gasteiger partial charge in [-0.25, -0.2) is 4.79 Å². The molecule has 0 aromatic rings. The van der Waals surface area contributed by atoms with E-state index in [0.29, 0.717) is 18.5 Å². The molecule has 8 atom stereocenters. The molecule has 0 aromatic carbocycles. The van der Waals surface area contributed by atoms with Gasteiger partial charge in [0.25, 0.3) is 0 Å². The second kappa shape index (κ2) is 16.6. The van der Waals surface area contributed by atoms with Crippen molar-refractivity contribution in [3.63, 3.8) is 0 Å². The highest BCUT2D eigenvalue weighted by molar-refractivity contribution is 5.67. The van der Waals surface area contributed by atoms with Gasteiger partial charge in [0.2, 0.25) is 0 Å². The topological polar surface area (TPSA) is 93.6 Å². The predicted octanol–water partition coefficient (Wildman–Crippen LogP) is 7.90. The van der Waals surface area contributed by atoms with Crippen molar-refractivity contribution < 1.29 is 9.53 Å². The molecule has 4 aliphatic rings. The minimum atomic E-state index is -0.134. The molecule has 0 bridgehead atoms. The molecule has 0 saturated heterocycles. The maximum absolute atomic E-state index is 13.3. The van der Waals surface area contributed by atoms with Gasteiger partial charge in [0.15, 0.2) is 0 Å². The van der Waals surface area contributed by atoms with Crippen molar-refractivity contribution >= 4 is 6.09 Å². The van der Waals surface area contributed by atoms with Gasteiger partial charge in [0.05, 0.1) is 0 Å². The summed E-state index contributed by atoms with van der Waals surface area (Å²) in [6.45, 7) is 17.3. The Hall–Kier alpha value is -1.11. The minimum absolute atomic E-state index is 0.00749. The number of fused-ring (bicyclic) bond motifs is 5. The third-order valence-electron chi connectivity index (χ3n) is 13.0. The number of hydrogen-bond acceptors (Lipinski definition) is 5. The van der Waals surface area contributed by atoms with Crippen LogP contribution < -0.4 is 16.8 Å². The van der Waals surface area contributed by atoms with E-state index in [9.17, 15) is 4.79 Å². The van der Waals surface area contributed by atoms with E-state index >= 15 is 0 Å². The van der Waals surface area contributed by atoms with Crippen LogP contribution in [0.3, 0.4) is 0 Å². The van der Waals surface area contributed by atoms with Gasteiger partial charge in [-0.05, 0) is 143 Å². The number of rotatable bonds is 17. The van der Waals surface area contributed by atoms with Gasteiger partial charge in [0, 0.05) is 19.5 Å². The Morgan fingerprint density at radius 2 is 1.68 bits per heavy atom. The fourth-order valence-corrected chi connectivity index (χ4v) is 10.5. The van der Waals surface area contributed by atoms with Crippen LogP contribution in [0.1, 0.15) is 131 Å². The molecule has 4 aliphatic carbocycles. The van der Waals surface area contributed by atoms with Gasteiger partial charge in [-0.15, -0.1) is 0 Å². The summed E-state index contributed by atoms with van der Waals surface area (Å²) in [7, 11) is 0. The summed E-state index contributed by atoms with van der Waals surface area (Å²) in [4.78, 5) is 15.3. The Labute approximate surface area is 271 Å². The smallest absolute Gasteiger partial charge is 0.410 e. The summed E-state index contributed by atoms with van der Waals surface area (Å²) in [5.74, 6) is 5.11. The van der Waals surface area contributed by atoms with Gasteiger partial charge in [-0.1, -0.05) is 65.5 Å². The lowest BCUT2D eigenvalue weighted by molar-refractivity contribution is -0.0593. The van der Waals surface area contributed by atoms with E-state index in [-0.39, 0.29) is 17.6 Å². The van der Waals surface area contributed by atoms with Crippen molar-refractivity contribution in [1.82, 2.24) is 10.2 Å². The molecule has 0 heterocycles. The van der Waals surface area contributed by atoms with Crippen LogP contribution in [0.25, 0.3) is 0 Å². The summed E-state index contributed by atoms with van der Waals surface area (Å²) in [5, 5.41) is 3.44. The lowest BCUT2D eigenvalue weighted by Crippen LogP contribution is -2.51. The summed E-state index contributed by atoms with van der Waals surface area (Å²) < 4.78 is 6.24. The molecule has 3 fully saturated rings. The van der Waals surface area contributed by atoms with Crippen molar-refractivity contribution in [2.75, 3.05) is 39.3 Å². The molecule has 5 N–H and O–H groups in total. The third kappa shape index (κ3) is 8.42. The first-order valence-corrected chi connectivity index (χ1v) is 18.9. The summed E-state index contributed by atoms with van der Waals surface area (Å²) >= 11 is 0. The Balaban J connectivity index is 1.32. The highest BCUT2D eigenvalue weighted by Gasteiger charge is 2.59. The highest BCUT2D eigenvalue weighted by atomic mass is 16.6. The van der Waals surface area contributed by atoms with E-state index in [4.69, 9.17) is 16.2 Å². The monoisotopic (exact) mass is 615 g/mol. The lowest BCUT2D eigenvalue weighted by Gasteiger charge is -2.58. The Morgan fingerprint density at radius 1 is 0.932 bits per heavy atom. The molecular formula is C38H70N4O2. The average Bonchev–Trinajstić information content (AvgIpc) is 3.35. The highest BCUT2D eigenvalue weighted by Crippen LogP contribution is 2.67. The van der Waals surface area contributed by atoms with Crippen molar-refractivity contribution in [3.05, 3.63) is 11.6 Å². The van der Waals surface area contributed by atoms with E-state index in [1.165, 1.54) is 51.4 Å². The number of nitrogens with zero attached hydrogens (tertiary/aromatic N) is 1. The van der Waals surface area contributed by atoms with E-state index in [1.54, 1.807) is 5.57 Å². The van der Waals surface area contributed by atoms with Crippen LogP contribution in [0, 0.1) is 46.3 Å². The zero-order valence-electron chi connectivity index (χ0n) is 29.4. The SMILES string of the molecule is CC(C)CCC[C@@H](C)[C@H]1CC[C@H]2[C@@H]3CC=C4C[C@@H](OC(=O)N(CCCN)CCCCNCCCN)CC[C@]4(C)[C@H]3CC[C@]12C. The Morgan fingerprint density at radius 3 is 2.43 bits per heavy atom. The van der Waals surface area contributed by atoms with Crippen LogP contribution in [0.2, 0.25) is 0 Å². The maximum Gasteiger partial charge on any atom is 0.410 e. The number of unbranched alkanes of at least 4 members (excludes halogenated alkanes) is 1. The van der Waals surface area contributed by atoms with Crippen LogP contribution in [-0.2, 0) is 4.74 Å². The van der Waals surface area contributed by atoms with Crippen molar-refractivity contribution in [2.24, 2.45) is 57.8 Å². The van der Waals surface area contributed by atoms with Crippen LogP contribution in [0.4, 0.5) is 4.79 Å². The second-order valence-corrected chi connectivity index (χ2v) is 16.3. The number of amides is 1. The molecule has 4 rings (SSSR count). The molecule has 44 heavy (non-hydrogen) atoms. The van der Waals surface area contributed by atoms with Crippen LogP contribution in [0.5, 0.6) is 0 Å². The number of carbonyl (C=O) groups excluding carboxylic acids is 1. The van der Waals surface area contributed by atoms with E-state index in [1.807, 2.05) is 4.90 Å². The zero-order valence-corrected chi connectivity index (χ0v) is 29.4. The largest absolute Gasteiger partial charge is 0.446 e. The third-order valence-corrected chi connectivity index (χ3v) is 13.0. The fraction of sp³-hybridized carbons (Fsp3) is 0.921. The van der Waals surface area contributed by atoms with Crippen LogP contribution in [-0.4, -0.2) is 56.4 Å². The average molecular weight is 615 g/mol. The molecule has 0 unspecified atom stereocenters. The van der Waals surface area contributed by atoms with Crippen molar-refractivity contribution in [3.8, 4) is 0 Å². The van der Waals surface area contributed by atoms with E-state index in [0.717, 1.165) is 107 Å². The summed E-state index contributed by atoms with van der Waals surface area (Å²) in [6, 6.07) is 0. The summed E-state index contributed by atoms with van der Waals surface area (Å²) in [5.41, 5.74) is 13.8. The number of ether oxygens (including phenoxy) is 1. The fourth-order valence-electron chi connectivity index (χ4n) is 10.5.